The Morgan fingerprint density at radius 2 is 1.71 bits per heavy atom. The van der Waals surface area contributed by atoms with Crippen LogP contribution in [0.5, 0.6) is 0 Å². The third kappa shape index (κ3) is 7.64. The van der Waals surface area contributed by atoms with Gasteiger partial charge in [0.15, 0.2) is 0 Å². The lowest BCUT2D eigenvalue weighted by molar-refractivity contribution is -0.141. The molecule has 0 aromatic heterocycles. The molecule has 3 heteroatoms. The molecular formula is C14H27ClO2. The summed E-state index contributed by atoms with van der Waals surface area (Å²) in [6.45, 7) is 6.22. The van der Waals surface area contributed by atoms with E-state index in [0.29, 0.717) is 18.8 Å². The van der Waals surface area contributed by atoms with Crippen LogP contribution in [0.25, 0.3) is 0 Å². The van der Waals surface area contributed by atoms with Crippen molar-refractivity contribution in [3.63, 3.8) is 0 Å². The van der Waals surface area contributed by atoms with Crippen LogP contribution in [0.2, 0.25) is 0 Å². The van der Waals surface area contributed by atoms with Gasteiger partial charge in [0, 0.05) is 0 Å². The van der Waals surface area contributed by atoms with E-state index in [-0.39, 0.29) is 0 Å². The average molecular weight is 263 g/mol. The van der Waals surface area contributed by atoms with Gasteiger partial charge in [0.2, 0.25) is 0 Å². The Balaban J connectivity index is 3.89. The van der Waals surface area contributed by atoms with E-state index in [2.05, 4.69) is 6.92 Å². The van der Waals surface area contributed by atoms with Gasteiger partial charge >= 0.3 is 5.97 Å². The summed E-state index contributed by atoms with van der Waals surface area (Å²) in [5, 5.41) is 9.19. The van der Waals surface area contributed by atoms with Gasteiger partial charge in [-0.2, -0.15) is 0 Å². The first kappa shape index (κ1) is 16.8. The molecular weight excluding hydrogens is 236 g/mol. The Kier molecular flexibility index (Phi) is 8.67. The lowest BCUT2D eigenvalue weighted by Crippen LogP contribution is -2.33. The highest BCUT2D eigenvalue weighted by molar-refractivity contribution is 6.33. The summed E-state index contributed by atoms with van der Waals surface area (Å²) >= 11 is 6.21. The van der Waals surface area contributed by atoms with E-state index in [1.165, 1.54) is 25.7 Å². The fraction of sp³-hybridized carbons (Fsp3) is 0.929. The molecule has 0 aliphatic rings. The van der Waals surface area contributed by atoms with E-state index in [4.69, 9.17) is 11.6 Å². The lowest BCUT2D eigenvalue weighted by Gasteiger charge is -2.24. The number of halogens is 1. The number of rotatable bonds is 10. The number of carboxylic acids is 1. The molecule has 0 fully saturated rings. The van der Waals surface area contributed by atoms with Gasteiger partial charge < -0.3 is 5.11 Å². The van der Waals surface area contributed by atoms with Gasteiger partial charge in [-0.25, -0.2) is 0 Å². The largest absolute Gasteiger partial charge is 0.480 e. The first-order valence-corrected chi connectivity index (χ1v) is 7.22. The molecule has 0 bridgehead atoms. The fourth-order valence-electron chi connectivity index (χ4n) is 2.13. The molecule has 0 aliphatic carbocycles. The lowest BCUT2D eigenvalue weighted by atomic mass is 9.91. The van der Waals surface area contributed by atoms with Crippen LogP contribution in [0.3, 0.4) is 0 Å². The maximum Gasteiger partial charge on any atom is 0.324 e. The number of hydrogen-bond acceptors (Lipinski definition) is 1. The normalized spacial score (nSPS) is 14.9. The summed E-state index contributed by atoms with van der Waals surface area (Å²) in [7, 11) is 0. The Morgan fingerprint density at radius 3 is 2.18 bits per heavy atom. The Morgan fingerprint density at radius 1 is 1.18 bits per heavy atom. The number of unbranched alkanes of at least 4 members (excludes halogenated alkanes) is 5. The minimum Gasteiger partial charge on any atom is -0.480 e. The van der Waals surface area contributed by atoms with E-state index >= 15 is 0 Å². The van der Waals surface area contributed by atoms with E-state index in [1.54, 1.807) is 0 Å². The summed E-state index contributed by atoms with van der Waals surface area (Å²) in [6, 6.07) is 0. The average Bonchev–Trinajstić information content (AvgIpc) is 2.22. The minimum absolute atomic E-state index is 0.323. The number of carboxylic acid groups (broad SMARTS) is 1. The van der Waals surface area contributed by atoms with Crippen molar-refractivity contribution in [1.29, 1.82) is 0 Å². The highest BCUT2D eigenvalue weighted by atomic mass is 35.5. The van der Waals surface area contributed by atoms with Crippen LogP contribution >= 0.6 is 11.6 Å². The number of hydrogen-bond donors (Lipinski definition) is 1. The second-order valence-corrected chi connectivity index (χ2v) is 6.11. The molecule has 0 aliphatic heterocycles. The van der Waals surface area contributed by atoms with Crippen LogP contribution in [0, 0.1) is 5.92 Å². The molecule has 1 unspecified atom stereocenters. The van der Waals surface area contributed by atoms with Crippen LogP contribution in [0.15, 0.2) is 0 Å². The van der Waals surface area contributed by atoms with Crippen LogP contribution in [-0.2, 0) is 4.79 Å². The monoisotopic (exact) mass is 262 g/mol. The molecule has 0 radical (unpaired) electrons. The zero-order chi connectivity index (χ0) is 13.3. The van der Waals surface area contributed by atoms with Crippen LogP contribution in [-0.4, -0.2) is 16.0 Å². The standard InChI is InChI=1S/C14H27ClO2/c1-4-5-6-7-8-9-10-14(15,13(16)17)11-12(2)3/h12H,4-11H2,1-3H3,(H,16,17). The predicted molar refractivity (Wildman–Crippen MR) is 73.7 cm³/mol. The van der Waals surface area contributed by atoms with Gasteiger partial charge in [-0.1, -0.05) is 59.3 Å². The Labute approximate surface area is 111 Å². The van der Waals surface area contributed by atoms with Crippen molar-refractivity contribution in [2.24, 2.45) is 5.92 Å². The van der Waals surface area contributed by atoms with E-state index in [9.17, 15) is 9.90 Å². The second kappa shape index (κ2) is 8.79. The van der Waals surface area contributed by atoms with Crippen molar-refractivity contribution in [1.82, 2.24) is 0 Å². The highest BCUT2D eigenvalue weighted by Crippen LogP contribution is 2.31. The van der Waals surface area contributed by atoms with Crippen molar-refractivity contribution >= 4 is 17.6 Å². The predicted octanol–water partition coefficient (Wildman–Crippen LogP) is 4.85. The van der Waals surface area contributed by atoms with E-state index < -0.39 is 10.8 Å². The summed E-state index contributed by atoms with van der Waals surface area (Å²) in [5.41, 5.74) is 0. The van der Waals surface area contributed by atoms with Crippen molar-refractivity contribution in [2.45, 2.75) is 77.0 Å². The minimum atomic E-state index is -1.04. The Bertz CT molecular complexity index is 216. The second-order valence-electron chi connectivity index (χ2n) is 5.39. The Hall–Kier alpha value is -0.240. The molecule has 0 heterocycles. The molecule has 17 heavy (non-hydrogen) atoms. The zero-order valence-corrected chi connectivity index (χ0v) is 12.2. The van der Waals surface area contributed by atoms with Crippen LogP contribution in [0.4, 0.5) is 0 Å². The molecule has 0 spiro atoms. The van der Waals surface area contributed by atoms with Gasteiger partial charge in [-0.15, -0.1) is 11.6 Å². The molecule has 0 aromatic carbocycles. The highest BCUT2D eigenvalue weighted by Gasteiger charge is 2.35. The number of carbonyl (C=O) groups is 1. The zero-order valence-electron chi connectivity index (χ0n) is 11.5. The van der Waals surface area contributed by atoms with Gasteiger partial charge in [0.25, 0.3) is 0 Å². The molecule has 102 valence electrons. The SMILES string of the molecule is CCCCCCCCC(Cl)(CC(C)C)C(=O)O. The summed E-state index contributed by atoms with van der Waals surface area (Å²) in [4.78, 5) is 10.1. The number of aliphatic carboxylic acids is 1. The van der Waals surface area contributed by atoms with Gasteiger partial charge in [0.1, 0.15) is 4.87 Å². The molecule has 0 saturated carbocycles. The van der Waals surface area contributed by atoms with Crippen molar-refractivity contribution in [3.05, 3.63) is 0 Å². The molecule has 0 aromatic rings. The van der Waals surface area contributed by atoms with E-state index in [0.717, 1.165) is 12.8 Å². The van der Waals surface area contributed by atoms with Gasteiger partial charge in [0.05, 0.1) is 0 Å². The van der Waals surface area contributed by atoms with Crippen LogP contribution < -0.4 is 0 Å². The maximum absolute atomic E-state index is 11.2. The van der Waals surface area contributed by atoms with Crippen molar-refractivity contribution < 1.29 is 9.90 Å². The summed E-state index contributed by atoms with van der Waals surface area (Å²) in [5.74, 6) is -0.537. The molecule has 1 N–H and O–H groups in total. The maximum atomic E-state index is 11.2. The smallest absolute Gasteiger partial charge is 0.324 e. The third-order valence-corrected chi connectivity index (χ3v) is 3.55. The topological polar surface area (TPSA) is 37.3 Å². The quantitative estimate of drug-likeness (QED) is 0.452. The van der Waals surface area contributed by atoms with Crippen LogP contribution in [0.1, 0.15) is 72.1 Å². The molecule has 2 nitrogen and oxygen atoms in total. The third-order valence-electron chi connectivity index (χ3n) is 3.04. The first-order chi connectivity index (χ1) is 7.92. The van der Waals surface area contributed by atoms with Crippen molar-refractivity contribution in [3.8, 4) is 0 Å². The fourth-order valence-corrected chi connectivity index (χ4v) is 2.57. The summed E-state index contributed by atoms with van der Waals surface area (Å²) in [6.07, 6.45) is 8.13. The van der Waals surface area contributed by atoms with Crippen molar-refractivity contribution in [2.75, 3.05) is 0 Å². The molecule has 0 rings (SSSR count). The molecule has 1 atom stereocenters. The summed E-state index contributed by atoms with van der Waals surface area (Å²) < 4.78 is 0. The van der Waals surface area contributed by atoms with E-state index in [1.807, 2.05) is 13.8 Å². The van der Waals surface area contributed by atoms with Gasteiger partial charge in [-0.05, 0) is 18.8 Å². The molecule has 0 saturated heterocycles. The molecule has 0 amide bonds. The first-order valence-electron chi connectivity index (χ1n) is 6.84. The number of alkyl halides is 1. The van der Waals surface area contributed by atoms with Gasteiger partial charge in [-0.3, -0.25) is 4.79 Å².